The Kier molecular flexibility index (Phi) is 9.01. The molecular weight excluding hydrogens is 557 g/mol. The first-order valence-corrected chi connectivity index (χ1v) is 14.5. The van der Waals surface area contributed by atoms with Crippen LogP contribution in [0.3, 0.4) is 0 Å². The zero-order valence-electron chi connectivity index (χ0n) is 22.6. The molecule has 0 bridgehead atoms. The first-order valence-electron chi connectivity index (χ1n) is 13.1. The zero-order valence-corrected chi connectivity index (χ0v) is 24.2. The molecule has 2 N–H and O–H groups in total. The van der Waals surface area contributed by atoms with Gasteiger partial charge in [-0.2, -0.15) is 0 Å². The van der Waals surface area contributed by atoms with Gasteiger partial charge in [0.2, 0.25) is 0 Å². The molecule has 5 aromatic rings. The van der Waals surface area contributed by atoms with Gasteiger partial charge in [0.05, 0.1) is 11.7 Å². The summed E-state index contributed by atoms with van der Waals surface area (Å²) in [4.78, 5) is 13.2. The van der Waals surface area contributed by atoms with Crippen molar-refractivity contribution in [1.29, 1.82) is 0 Å². The van der Waals surface area contributed by atoms with Gasteiger partial charge in [0.25, 0.3) is 0 Å². The topological polar surface area (TPSA) is 71.8 Å². The molecule has 0 saturated heterocycles. The number of aryl methyl sites for hydroxylation is 2. The predicted octanol–water partition coefficient (Wildman–Crippen LogP) is 8.07. The van der Waals surface area contributed by atoms with E-state index in [0.29, 0.717) is 33.9 Å². The Labute approximate surface area is 248 Å². The molecule has 0 aliphatic carbocycles. The quantitative estimate of drug-likeness (QED) is 0.172. The zero-order chi connectivity index (χ0) is 28.8. The number of rotatable bonds is 9. The van der Waals surface area contributed by atoms with Crippen LogP contribution >= 0.6 is 23.4 Å². The largest absolute Gasteiger partial charge is 0.327 e. The van der Waals surface area contributed by atoms with Gasteiger partial charge in [-0.25, -0.2) is 9.18 Å². The van der Waals surface area contributed by atoms with Gasteiger partial charge in [-0.3, -0.25) is 4.57 Å². The lowest BCUT2D eigenvalue weighted by Crippen LogP contribution is -2.35. The van der Waals surface area contributed by atoms with Gasteiger partial charge >= 0.3 is 6.03 Å². The molecule has 0 radical (unpaired) electrons. The van der Waals surface area contributed by atoms with Crippen molar-refractivity contribution in [2.24, 2.45) is 0 Å². The Morgan fingerprint density at radius 1 is 0.927 bits per heavy atom. The molecule has 1 unspecified atom stereocenters. The maximum absolute atomic E-state index is 13.5. The fourth-order valence-corrected chi connectivity index (χ4v) is 5.47. The summed E-state index contributed by atoms with van der Waals surface area (Å²) in [7, 11) is 0. The van der Waals surface area contributed by atoms with Gasteiger partial charge in [0.1, 0.15) is 5.82 Å². The van der Waals surface area contributed by atoms with Crippen molar-refractivity contribution in [3.05, 3.63) is 136 Å². The maximum atomic E-state index is 13.5. The van der Waals surface area contributed by atoms with Crippen LogP contribution in [-0.4, -0.2) is 20.8 Å². The van der Waals surface area contributed by atoms with E-state index >= 15 is 0 Å². The van der Waals surface area contributed by atoms with E-state index in [1.165, 1.54) is 23.9 Å². The van der Waals surface area contributed by atoms with Crippen molar-refractivity contribution in [1.82, 2.24) is 20.1 Å². The van der Waals surface area contributed by atoms with Crippen LogP contribution in [0.5, 0.6) is 0 Å². The Bertz CT molecular complexity index is 1630. The van der Waals surface area contributed by atoms with Crippen LogP contribution in [-0.2, 0) is 12.2 Å². The SMILES string of the molecule is Cc1ccc(NC(=O)NC(Cc2ccccc2)c2nnc(SCc3ccc(F)cc3)n2-c2cc(Cl)ccc2C)cc1. The molecule has 0 aliphatic heterocycles. The molecule has 4 aromatic carbocycles. The number of benzene rings is 4. The molecular formula is C32H29ClFN5OS. The number of anilines is 1. The van der Waals surface area contributed by atoms with Gasteiger partial charge in [0, 0.05) is 22.9 Å². The number of aromatic nitrogens is 3. The molecule has 6 nitrogen and oxygen atoms in total. The summed E-state index contributed by atoms with van der Waals surface area (Å²) in [6, 6.07) is 28.7. The summed E-state index contributed by atoms with van der Waals surface area (Å²) in [6.07, 6.45) is 0.489. The minimum atomic E-state index is -0.520. The van der Waals surface area contributed by atoms with Gasteiger partial charge in [-0.15, -0.1) is 10.2 Å². The molecule has 0 fully saturated rings. The van der Waals surface area contributed by atoms with Crippen molar-refractivity contribution in [2.75, 3.05) is 5.32 Å². The van der Waals surface area contributed by atoms with E-state index < -0.39 is 6.04 Å². The van der Waals surface area contributed by atoms with Crippen LogP contribution in [0.25, 0.3) is 5.69 Å². The molecule has 5 rings (SSSR count). The maximum Gasteiger partial charge on any atom is 0.319 e. The number of urea groups is 1. The molecule has 0 aliphatic rings. The van der Waals surface area contributed by atoms with E-state index in [4.69, 9.17) is 11.6 Å². The van der Waals surface area contributed by atoms with Crippen molar-refractivity contribution in [3.8, 4) is 5.69 Å². The first kappa shape index (κ1) is 28.4. The highest BCUT2D eigenvalue weighted by molar-refractivity contribution is 7.98. The third-order valence-corrected chi connectivity index (χ3v) is 7.80. The number of halogens is 2. The Morgan fingerprint density at radius 2 is 1.66 bits per heavy atom. The van der Waals surface area contributed by atoms with Crippen LogP contribution < -0.4 is 10.6 Å². The lowest BCUT2D eigenvalue weighted by Gasteiger charge is -2.21. The standard InChI is InChI=1S/C32H29ClFN5OS/c1-21-8-16-27(17-9-21)35-31(40)36-28(18-23-6-4-3-5-7-23)30-37-38-32(41-20-24-11-14-26(34)15-12-24)39(30)29-19-25(33)13-10-22(29)2/h3-17,19,28H,18,20H2,1-2H3,(H2,35,36,40). The molecule has 0 spiro atoms. The Morgan fingerprint density at radius 3 is 2.39 bits per heavy atom. The van der Waals surface area contributed by atoms with E-state index in [1.54, 1.807) is 12.1 Å². The average Bonchev–Trinajstić information content (AvgIpc) is 3.39. The second-order valence-electron chi connectivity index (χ2n) is 9.73. The number of thioether (sulfide) groups is 1. The van der Waals surface area contributed by atoms with Crippen LogP contribution in [0, 0.1) is 19.7 Å². The summed E-state index contributed by atoms with van der Waals surface area (Å²) in [5.74, 6) is 0.847. The number of carbonyl (C=O) groups is 1. The van der Waals surface area contributed by atoms with E-state index in [-0.39, 0.29) is 11.8 Å². The molecule has 1 aromatic heterocycles. The highest BCUT2D eigenvalue weighted by Crippen LogP contribution is 2.31. The van der Waals surface area contributed by atoms with E-state index in [0.717, 1.165) is 27.9 Å². The van der Waals surface area contributed by atoms with Crippen molar-refractivity contribution >= 4 is 35.1 Å². The lowest BCUT2D eigenvalue weighted by molar-refractivity contribution is 0.247. The van der Waals surface area contributed by atoms with Crippen LogP contribution in [0.2, 0.25) is 5.02 Å². The summed E-state index contributed by atoms with van der Waals surface area (Å²) in [5, 5.41) is 16.4. The summed E-state index contributed by atoms with van der Waals surface area (Å²) < 4.78 is 15.4. The van der Waals surface area contributed by atoms with E-state index in [1.807, 2.05) is 91.2 Å². The number of carbonyl (C=O) groups excluding carboxylic acids is 1. The molecule has 0 saturated carbocycles. The number of hydrogen-bond donors (Lipinski definition) is 2. The normalized spacial score (nSPS) is 11.7. The van der Waals surface area contributed by atoms with Crippen LogP contribution in [0.1, 0.15) is 34.1 Å². The van der Waals surface area contributed by atoms with Crippen LogP contribution in [0.4, 0.5) is 14.9 Å². The van der Waals surface area contributed by atoms with Crippen LogP contribution in [0.15, 0.2) is 102 Å². The highest BCUT2D eigenvalue weighted by Gasteiger charge is 2.26. The fourth-order valence-electron chi connectivity index (χ4n) is 4.40. The molecule has 1 heterocycles. The molecule has 208 valence electrons. The third kappa shape index (κ3) is 7.34. The Hall–Kier alpha value is -4.14. The smallest absolute Gasteiger partial charge is 0.319 e. The summed E-state index contributed by atoms with van der Waals surface area (Å²) in [5.41, 5.74) is 5.57. The van der Waals surface area contributed by atoms with Gasteiger partial charge in [0.15, 0.2) is 11.0 Å². The molecule has 41 heavy (non-hydrogen) atoms. The van der Waals surface area contributed by atoms with E-state index in [2.05, 4.69) is 20.8 Å². The second kappa shape index (κ2) is 13.0. The highest BCUT2D eigenvalue weighted by atomic mass is 35.5. The molecule has 9 heteroatoms. The minimum absolute atomic E-state index is 0.280. The van der Waals surface area contributed by atoms with Gasteiger partial charge in [-0.05, 0) is 66.9 Å². The molecule has 2 amide bonds. The van der Waals surface area contributed by atoms with Gasteiger partial charge in [-0.1, -0.05) is 89.6 Å². The number of amides is 2. The Balaban J connectivity index is 1.52. The third-order valence-electron chi connectivity index (χ3n) is 6.56. The number of hydrogen-bond acceptors (Lipinski definition) is 4. The van der Waals surface area contributed by atoms with Crippen molar-refractivity contribution in [3.63, 3.8) is 0 Å². The minimum Gasteiger partial charge on any atom is -0.327 e. The second-order valence-corrected chi connectivity index (χ2v) is 11.1. The average molecular weight is 586 g/mol. The fraction of sp³-hybridized carbons (Fsp3) is 0.156. The lowest BCUT2D eigenvalue weighted by atomic mass is 10.0. The number of nitrogens with zero attached hydrogens (tertiary/aromatic N) is 3. The predicted molar refractivity (Wildman–Crippen MR) is 163 cm³/mol. The summed E-state index contributed by atoms with van der Waals surface area (Å²) in [6.45, 7) is 3.99. The first-order chi connectivity index (χ1) is 19.9. The van der Waals surface area contributed by atoms with Gasteiger partial charge < -0.3 is 10.6 Å². The summed E-state index contributed by atoms with van der Waals surface area (Å²) >= 11 is 7.92. The van der Waals surface area contributed by atoms with Crippen molar-refractivity contribution < 1.29 is 9.18 Å². The number of nitrogens with one attached hydrogen (secondary N) is 2. The van der Waals surface area contributed by atoms with E-state index in [9.17, 15) is 9.18 Å². The van der Waals surface area contributed by atoms with Crippen molar-refractivity contribution in [2.45, 2.75) is 37.2 Å². The monoisotopic (exact) mass is 585 g/mol. The molecule has 1 atom stereocenters.